The Hall–Kier alpha value is -2.60. The minimum absolute atomic E-state index is 0.0949. The Morgan fingerprint density at radius 2 is 1.93 bits per heavy atom. The van der Waals surface area contributed by atoms with E-state index in [4.69, 9.17) is 0 Å². The van der Waals surface area contributed by atoms with Gasteiger partial charge in [0.2, 0.25) is 11.8 Å². The Kier molecular flexibility index (Phi) is 5.65. The fourth-order valence-electron chi connectivity index (χ4n) is 2.86. The standard InChI is InChI=1S/C21H23N3O2S/c1-13-7-5-9-16(11-13)22-21-24(4)20(26)18(27-21)12-19(25)23-17-10-6-8-14(2)15(17)3/h5-11,18H,12H2,1-4H3,(H,23,25)/t18-/m1/s1. The van der Waals surface area contributed by atoms with Crippen molar-refractivity contribution in [2.45, 2.75) is 32.4 Å². The Labute approximate surface area is 163 Å². The van der Waals surface area contributed by atoms with Crippen LogP contribution < -0.4 is 5.32 Å². The maximum atomic E-state index is 12.5. The number of carbonyl (C=O) groups is 2. The minimum Gasteiger partial charge on any atom is -0.326 e. The average Bonchev–Trinajstić information content (AvgIpc) is 2.87. The van der Waals surface area contributed by atoms with E-state index in [2.05, 4.69) is 10.3 Å². The van der Waals surface area contributed by atoms with Gasteiger partial charge in [0.25, 0.3) is 0 Å². The molecule has 0 aliphatic carbocycles. The zero-order valence-electron chi connectivity index (χ0n) is 15.9. The van der Waals surface area contributed by atoms with E-state index in [9.17, 15) is 9.59 Å². The predicted molar refractivity (Wildman–Crippen MR) is 112 cm³/mol. The van der Waals surface area contributed by atoms with Crippen LogP contribution in [0.5, 0.6) is 0 Å². The molecule has 1 N–H and O–H groups in total. The normalized spacial score (nSPS) is 18.2. The number of aliphatic imine (C=N–C) groups is 1. The van der Waals surface area contributed by atoms with Crippen molar-refractivity contribution < 1.29 is 9.59 Å². The summed E-state index contributed by atoms with van der Waals surface area (Å²) in [6, 6.07) is 13.6. The summed E-state index contributed by atoms with van der Waals surface area (Å²) < 4.78 is 0. The highest BCUT2D eigenvalue weighted by Gasteiger charge is 2.37. The van der Waals surface area contributed by atoms with Gasteiger partial charge in [0, 0.05) is 19.2 Å². The van der Waals surface area contributed by atoms with Crippen molar-refractivity contribution in [3.05, 3.63) is 59.2 Å². The van der Waals surface area contributed by atoms with Crippen LogP contribution in [-0.4, -0.2) is 34.2 Å². The second-order valence-electron chi connectivity index (χ2n) is 6.74. The topological polar surface area (TPSA) is 61.8 Å². The number of hydrogen-bond acceptors (Lipinski definition) is 4. The van der Waals surface area contributed by atoms with Crippen LogP contribution in [0.3, 0.4) is 0 Å². The highest BCUT2D eigenvalue weighted by molar-refractivity contribution is 8.15. The molecular formula is C21H23N3O2S. The van der Waals surface area contributed by atoms with Crippen LogP contribution in [-0.2, 0) is 9.59 Å². The van der Waals surface area contributed by atoms with Crippen molar-refractivity contribution in [2.75, 3.05) is 12.4 Å². The first kappa shape index (κ1) is 19.2. The van der Waals surface area contributed by atoms with Crippen LogP contribution in [0.2, 0.25) is 0 Å². The fourth-order valence-corrected chi connectivity index (χ4v) is 4.02. The molecule has 0 radical (unpaired) electrons. The van der Waals surface area contributed by atoms with Gasteiger partial charge < -0.3 is 5.32 Å². The van der Waals surface area contributed by atoms with Crippen molar-refractivity contribution in [1.29, 1.82) is 0 Å². The summed E-state index contributed by atoms with van der Waals surface area (Å²) in [4.78, 5) is 31.1. The molecule has 5 nitrogen and oxygen atoms in total. The Balaban J connectivity index is 1.70. The molecule has 1 saturated heterocycles. The number of nitrogens with zero attached hydrogens (tertiary/aromatic N) is 2. The molecule has 1 atom stereocenters. The smallest absolute Gasteiger partial charge is 0.242 e. The predicted octanol–water partition coefficient (Wildman–Crippen LogP) is 4.20. The summed E-state index contributed by atoms with van der Waals surface area (Å²) in [5.41, 5.74) is 4.86. The Morgan fingerprint density at radius 1 is 1.19 bits per heavy atom. The van der Waals surface area contributed by atoms with E-state index in [1.54, 1.807) is 7.05 Å². The summed E-state index contributed by atoms with van der Waals surface area (Å²) in [6.07, 6.45) is 0.119. The van der Waals surface area contributed by atoms with Crippen molar-refractivity contribution in [2.24, 2.45) is 4.99 Å². The van der Waals surface area contributed by atoms with Crippen molar-refractivity contribution in [1.82, 2.24) is 4.90 Å². The number of rotatable bonds is 4. The number of anilines is 1. The van der Waals surface area contributed by atoms with Crippen molar-refractivity contribution in [3.63, 3.8) is 0 Å². The summed E-state index contributed by atoms with van der Waals surface area (Å²) in [6.45, 7) is 5.98. The number of hydrogen-bond donors (Lipinski definition) is 1. The van der Waals surface area contributed by atoms with E-state index in [-0.39, 0.29) is 18.2 Å². The van der Waals surface area contributed by atoms with Gasteiger partial charge in [-0.05, 0) is 55.7 Å². The van der Waals surface area contributed by atoms with E-state index < -0.39 is 5.25 Å². The maximum Gasteiger partial charge on any atom is 0.242 e. The van der Waals surface area contributed by atoms with Gasteiger partial charge in [-0.25, -0.2) is 4.99 Å². The van der Waals surface area contributed by atoms with Crippen LogP contribution in [0.1, 0.15) is 23.1 Å². The molecule has 1 aliphatic heterocycles. The number of benzene rings is 2. The summed E-state index contributed by atoms with van der Waals surface area (Å²) in [5.74, 6) is -0.262. The molecule has 2 amide bonds. The minimum atomic E-state index is -0.455. The van der Waals surface area contributed by atoms with Gasteiger partial charge in [-0.15, -0.1) is 0 Å². The molecule has 0 unspecified atom stereocenters. The van der Waals surface area contributed by atoms with E-state index in [0.717, 1.165) is 28.1 Å². The molecule has 3 rings (SSSR count). The first-order valence-corrected chi connectivity index (χ1v) is 9.69. The molecule has 140 valence electrons. The lowest BCUT2D eigenvalue weighted by atomic mass is 10.1. The second kappa shape index (κ2) is 7.96. The van der Waals surface area contributed by atoms with Crippen LogP contribution in [0.25, 0.3) is 0 Å². The van der Waals surface area contributed by atoms with Gasteiger partial charge in [0.05, 0.1) is 5.69 Å². The molecule has 1 heterocycles. The van der Waals surface area contributed by atoms with Gasteiger partial charge in [0.1, 0.15) is 5.25 Å². The number of aryl methyl sites for hydroxylation is 2. The molecule has 1 fully saturated rings. The highest BCUT2D eigenvalue weighted by Crippen LogP contribution is 2.31. The van der Waals surface area contributed by atoms with Gasteiger partial charge in [-0.3, -0.25) is 14.5 Å². The molecule has 27 heavy (non-hydrogen) atoms. The molecule has 2 aromatic carbocycles. The molecular weight excluding hydrogens is 358 g/mol. The zero-order valence-corrected chi connectivity index (χ0v) is 16.8. The largest absolute Gasteiger partial charge is 0.326 e. The first-order chi connectivity index (χ1) is 12.8. The van der Waals surface area contributed by atoms with Gasteiger partial charge in [-0.1, -0.05) is 36.0 Å². The van der Waals surface area contributed by atoms with Crippen LogP contribution in [0, 0.1) is 20.8 Å². The third-order valence-electron chi connectivity index (χ3n) is 4.62. The molecule has 0 bridgehead atoms. The summed E-state index contributed by atoms with van der Waals surface area (Å²) >= 11 is 1.34. The third-order valence-corrected chi connectivity index (χ3v) is 5.85. The zero-order chi connectivity index (χ0) is 19.6. The molecule has 0 saturated carbocycles. The SMILES string of the molecule is Cc1cccc(N=C2S[C@H](CC(=O)Nc3cccc(C)c3C)C(=O)N2C)c1. The van der Waals surface area contributed by atoms with Crippen LogP contribution in [0.15, 0.2) is 47.5 Å². The average molecular weight is 382 g/mol. The van der Waals surface area contributed by atoms with Gasteiger partial charge >= 0.3 is 0 Å². The monoisotopic (exact) mass is 381 g/mol. The number of nitrogens with one attached hydrogen (secondary N) is 1. The third kappa shape index (κ3) is 4.39. The van der Waals surface area contributed by atoms with Gasteiger partial charge in [0.15, 0.2) is 5.17 Å². The van der Waals surface area contributed by atoms with E-state index in [1.807, 2.05) is 63.2 Å². The number of carbonyl (C=O) groups excluding carboxylic acids is 2. The quantitative estimate of drug-likeness (QED) is 0.863. The van der Waals surface area contributed by atoms with Gasteiger partial charge in [-0.2, -0.15) is 0 Å². The van der Waals surface area contributed by atoms with Crippen molar-refractivity contribution >= 4 is 40.1 Å². The summed E-state index contributed by atoms with van der Waals surface area (Å²) in [7, 11) is 1.70. The lowest BCUT2D eigenvalue weighted by Gasteiger charge is -2.12. The molecule has 6 heteroatoms. The van der Waals surface area contributed by atoms with Crippen LogP contribution in [0.4, 0.5) is 11.4 Å². The molecule has 1 aliphatic rings. The van der Waals surface area contributed by atoms with E-state index in [1.165, 1.54) is 16.7 Å². The lowest BCUT2D eigenvalue weighted by molar-refractivity contribution is -0.127. The molecule has 0 aromatic heterocycles. The Bertz CT molecular complexity index is 923. The second-order valence-corrected chi connectivity index (χ2v) is 7.91. The number of thioether (sulfide) groups is 1. The fraction of sp³-hybridized carbons (Fsp3) is 0.286. The lowest BCUT2D eigenvalue weighted by Crippen LogP contribution is -2.30. The summed E-state index contributed by atoms with van der Waals surface area (Å²) in [5, 5.41) is 3.09. The molecule has 2 aromatic rings. The Morgan fingerprint density at radius 3 is 2.67 bits per heavy atom. The van der Waals surface area contributed by atoms with E-state index in [0.29, 0.717) is 5.17 Å². The highest BCUT2D eigenvalue weighted by atomic mass is 32.2. The number of amides is 2. The van der Waals surface area contributed by atoms with Crippen molar-refractivity contribution in [3.8, 4) is 0 Å². The molecule has 0 spiro atoms. The van der Waals surface area contributed by atoms with Crippen LogP contribution >= 0.6 is 11.8 Å². The van der Waals surface area contributed by atoms with E-state index >= 15 is 0 Å². The maximum absolute atomic E-state index is 12.5. The first-order valence-electron chi connectivity index (χ1n) is 8.81. The number of amidine groups is 1.